The fraction of sp³-hybridized carbons (Fsp3) is 0.407. The van der Waals surface area contributed by atoms with E-state index in [1.807, 2.05) is 29.2 Å². The summed E-state index contributed by atoms with van der Waals surface area (Å²) in [5, 5.41) is 1.07. The number of methoxy groups -OCH3 is 2. The van der Waals surface area contributed by atoms with Crippen molar-refractivity contribution in [3.63, 3.8) is 0 Å². The zero-order chi connectivity index (χ0) is 22.9. The number of aryl methyl sites for hydroxylation is 1. The van der Waals surface area contributed by atoms with E-state index < -0.39 is 0 Å². The maximum absolute atomic E-state index is 13.4. The van der Waals surface area contributed by atoms with Crippen molar-refractivity contribution in [2.24, 2.45) is 0 Å². The topological polar surface area (TPSA) is 60.9 Å². The number of carbonyl (C=O) groups excluding carboxylic acids is 1. The highest BCUT2D eigenvalue weighted by Crippen LogP contribution is 2.38. The molecular weight excluding hydrogens is 416 g/mol. The van der Waals surface area contributed by atoms with Crippen molar-refractivity contribution >= 4 is 16.8 Å². The van der Waals surface area contributed by atoms with Gasteiger partial charge in [0.25, 0.3) is 5.91 Å². The van der Waals surface area contributed by atoms with E-state index in [2.05, 4.69) is 25.1 Å². The number of aromatic nitrogens is 1. The monoisotopic (exact) mass is 446 g/mol. The molecule has 2 aliphatic rings. The largest absolute Gasteiger partial charge is 0.497 e. The van der Waals surface area contributed by atoms with Gasteiger partial charge >= 0.3 is 0 Å². The van der Waals surface area contributed by atoms with Crippen molar-refractivity contribution < 1.29 is 19.0 Å². The lowest BCUT2D eigenvalue weighted by atomic mass is 10.00. The van der Waals surface area contributed by atoms with E-state index in [4.69, 9.17) is 19.2 Å². The van der Waals surface area contributed by atoms with E-state index in [9.17, 15) is 4.79 Å². The molecule has 2 aromatic carbocycles. The Balaban J connectivity index is 1.64. The molecule has 1 unspecified atom stereocenters. The van der Waals surface area contributed by atoms with Crippen molar-refractivity contribution in [2.45, 2.75) is 51.3 Å². The zero-order valence-corrected chi connectivity index (χ0v) is 19.5. The summed E-state index contributed by atoms with van der Waals surface area (Å²) in [7, 11) is 3.31. The third kappa shape index (κ3) is 4.27. The average Bonchev–Trinajstić information content (AvgIpc) is 3.53. The summed E-state index contributed by atoms with van der Waals surface area (Å²) in [6.45, 7) is 3.23. The van der Waals surface area contributed by atoms with Gasteiger partial charge in [-0.25, -0.2) is 4.98 Å². The molecule has 1 aliphatic heterocycles. The van der Waals surface area contributed by atoms with E-state index in [1.165, 1.54) is 0 Å². The van der Waals surface area contributed by atoms with Crippen LogP contribution in [0, 0.1) is 6.92 Å². The first-order chi connectivity index (χ1) is 16.1. The molecule has 1 aromatic heterocycles. The lowest BCUT2D eigenvalue weighted by Gasteiger charge is -2.26. The molecule has 1 atom stereocenters. The van der Waals surface area contributed by atoms with Crippen LogP contribution in [0.3, 0.4) is 0 Å². The molecule has 6 nitrogen and oxygen atoms in total. The Bertz CT molecular complexity index is 1180. The van der Waals surface area contributed by atoms with Crippen LogP contribution in [0.2, 0.25) is 0 Å². The van der Waals surface area contributed by atoms with Crippen molar-refractivity contribution in [2.75, 3.05) is 20.8 Å². The van der Waals surface area contributed by atoms with E-state index in [0.29, 0.717) is 13.2 Å². The van der Waals surface area contributed by atoms with Crippen molar-refractivity contribution in [1.82, 2.24) is 9.88 Å². The molecule has 2 fully saturated rings. The number of ether oxygens (including phenoxy) is 3. The van der Waals surface area contributed by atoms with Crippen LogP contribution in [0.4, 0.5) is 0 Å². The van der Waals surface area contributed by atoms with Crippen LogP contribution in [0.25, 0.3) is 22.2 Å². The molecule has 1 amide bonds. The standard InChI is InChI=1S/C27H30N2O4/c1-17-6-4-7-18-14-19(16-29(20-9-10-20)27(30)24-8-5-13-33-24)26(28-25(17)18)22-15-21(31-2)11-12-23(22)32-3/h4,6-7,11-12,14-15,20,24H,5,8-10,13,16H2,1-3H3. The number of pyridine rings is 1. The first-order valence-corrected chi connectivity index (χ1v) is 11.6. The summed E-state index contributed by atoms with van der Waals surface area (Å²) in [6, 6.07) is 14.4. The van der Waals surface area contributed by atoms with Gasteiger partial charge in [0.1, 0.15) is 17.6 Å². The number of nitrogens with zero attached hydrogens (tertiary/aromatic N) is 2. The Labute approximate surface area is 194 Å². The minimum Gasteiger partial charge on any atom is -0.497 e. The molecule has 0 bridgehead atoms. The minimum absolute atomic E-state index is 0.0999. The summed E-state index contributed by atoms with van der Waals surface area (Å²) < 4.78 is 16.9. The first-order valence-electron chi connectivity index (χ1n) is 11.6. The van der Waals surface area contributed by atoms with Gasteiger partial charge in [-0.3, -0.25) is 4.79 Å². The fourth-order valence-electron chi connectivity index (χ4n) is 4.66. The number of carbonyl (C=O) groups is 1. The molecule has 1 aliphatic carbocycles. The minimum atomic E-state index is -0.323. The van der Waals surface area contributed by atoms with Crippen molar-refractivity contribution in [1.29, 1.82) is 0 Å². The summed E-state index contributed by atoms with van der Waals surface area (Å²) in [5.41, 5.74) is 4.73. The normalized spacial score (nSPS) is 17.8. The van der Waals surface area contributed by atoms with Crippen LogP contribution in [0.5, 0.6) is 11.5 Å². The van der Waals surface area contributed by atoms with Gasteiger partial charge in [-0.15, -0.1) is 0 Å². The second-order valence-electron chi connectivity index (χ2n) is 8.91. The fourth-order valence-corrected chi connectivity index (χ4v) is 4.66. The Morgan fingerprint density at radius 3 is 2.67 bits per heavy atom. The molecule has 33 heavy (non-hydrogen) atoms. The SMILES string of the molecule is COc1ccc(OC)c(-c2nc3c(C)cccc3cc2CN(C(=O)C2CCCO2)C2CC2)c1. The number of benzene rings is 2. The first kappa shape index (κ1) is 21.7. The average molecular weight is 447 g/mol. The predicted octanol–water partition coefficient (Wildman–Crippen LogP) is 4.90. The highest BCUT2D eigenvalue weighted by Gasteiger charge is 2.38. The molecule has 0 N–H and O–H groups in total. The van der Waals surface area contributed by atoms with Crippen LogP contribution >= 0.6 is 0 Å². The molecular formula is C27H30N2O4. The summed E-state index contributed by atoms with van der Waals surface area (Å²) in [6.07, 6.45) is 3.49. The molecule has 1 saturated heterocycles. The third-order valence-corrected chi connectivity index (χ3v) is 6.60. The highest BCUT2D eigenvalue weighted by molar-refractivity contribution is 5.88. The predicted molar refractivity (Wildman–Crippen MR) is 128 cm³/mol. The molecule has 5 rings (SSSR count). The summed E-state index contributed by atoms with van der Waals surface area (Å²) >= 11 is 0. The lowest BCUT2D eigenvalue weighted by molar-refractivity contribution is -0.142. The Hall–Kier alpha value is -3.12. The van der Waals surface area contributed by atoms with Gasteiger partial charge in [0.2, 0.25) is 0 Å². The molecule has 0 spiro atoms. The Morgan fingerprint density at radius 1 is 1.12 bits per heavy atom. The molecule has 2 heterocycles. The molecule has 172 valence electrons. The Morgan fingerprint density at radius 2 is 1.97 bits per heavy atom. The van der Waals surface area contributed by atoms with E-state index in [-0.39, 0.29) is 18.1 Å². The van der Waals surface area contributed by atoms with Gasteiger partial charge in [0.05, 0.1) is 25.4 Å². The van der Waals surface area contributed by atoms with Gasteiger partial charge in [-0.05, 0) is 68.0 Å². The molecule has 3 aromatic rings. The lowest BCUT2D eigenvalue weighted by Crippen LogP contribution is -2.40. The molecule has 0 radical (unpaired) electrons. The van der Waals surface area contributed by atoms with Crippen molar-refractivity contribution in [3.8, 4) is 22.8 Å². The van der Waals surface area contributed by atoms with Crippen LogP contribution in [-0.4, -0.2) is 48.8 Å². The van der Waals surface area contributed by atoms with Crippen LogP contribution in [-0.2, 0) is 16.1 Å². The molecule has 1 saturated carbocycles. The highest BCUT2D eigenvalue weighted by atomic mass is 16.5. The molecule has 6 heteroatoms. The van der Waals surface area contributed by atoms with E-state index in [1.54, 1.807) is 14.2 Å². The maximum atomic E-state index is 13.4. The summed E-state index contributed by atoms with van der Waals surface area (Å²) in [4.78, 5) is 20.5. The van der Waals surface area contributed by atoms with Gasteiger partial charge in [0, 0.05) is 30.1 Å². The number of para-hydroxylation sites is 1. The van der Waals surface area contributed by atoms with E-state index in [0.717, 1.165) is 70.5 Å². The van der Waals surface area contributed by atoms with Crippen LogP contribution in [0.1, 0.15) is 36.8 Å². The number of rotatable bonds is 7. The smallest absolute Gasteiger partial charge is 0.252 e. The number of hydrogen-bond acceptors (Lipinski definition) is 5. The van der Waals surface area contributed by atoms with Gasteiger partial charge in [0.15, 0.2) is 0 Å². The van der Waals surface area contributed by atoms with Gasteiger partial charge < -0.3 is 19.1 Å². The second kappa shape index (κ2) is 9.02. The van der Waals surface area contributed by atoms with Crippen LogP contribution in [0.15, 0.2) is 42.5 Å². The van der Waals surface area contributed by atoms with Crippen LogP contribution < -0.4 is 9.47 Å². The number of amides is 1. The van der Waals surface area contributed by atoms with Crippen molar-refractivity contribution in [3.05, 3.63) is 53.6 Å². The van der Waals surface area contributed by atoms with E-state index >= 15 is 0 Å². The van der Waals surface area contributed by atoms with Gasteiger partial charge in [-0.1, -0.05) is 18.2 Å². The second-order valence-corrected chi connectivity index (χ2v) is 8.91. The summed E-state index contributed by atoms with van der Waals surface area (Å²) in [5.74, 6) is 1.56. The zero-order valence-electron chi connectivity index (χ0n) is 19.5. The van der Waals surface area contributed by atoms with Gasteiger partial charge in [-0.2, -0.15) is 0 Å². The number of fused-ring (bicyclic) bond motifs is 1. The maximum Gasteiger partial charge on any atom is 0.252 e. The Kier molecular flexibility index (Phi) is 5.94. The quantitative estimate of drug-likeness (QED) is 0.517. The third-order valence-electron chi connectivity index (χ3n) is 6.60. The number of hydrogen-bond donors (Lipinski definition) is 0.